The molecule has 4 bridgehead atoms. The summed E-state index contributed by atoms with van der Waals surface area (Å²) in [5.74, 6) is 1.41. The Morgan fingerprint density at radius 1 is 1.03 bits per heavy atom. The molecule has 7 heteroatoms. The number of hydrogen-bond acceptors (Lipinski definition) is 4. The highest BCUT2D eigenvalue weighted by atomic mass is 127. The van der Waals surface area contributed by atoms with Crippen LogP contribution in [0.3, 0.4) is 0 Å². The quantitative estimate of drug-likeness (QED) is 0.391. The van der Waals surface area contributed by atoms with E-state index in [0.29, 0.717) is 30.0 Å². The lowest BCUT2D eigenvalue weighted by Crippen LogP contribution is -2.57. The molecule has 7 rings (SSSR count). The first kappa shape index (κ1) is 22.2. The molecule has 176 valence electrons. The summed E-state index contributed by atoms with van der Waals surface area (Å²) in [6.07, 6.45) is 10.0. The van der Waals surface area contributed by atoms with Gasteiger partial charge in [0.2, 0.25) is 11.8 Å². The van der Waals surface area contributed by atoms with Crippen molar-refractivity contribution < 1.29 is 14.4 Å². The second-order valence-electron chi connectivity index (χ2n) is 10.8. The van der Waals surface area contributed by atoms with Gasteiger partial charge in [-0.25, -0.2) is 4.90 Å². The first-order valence-corrected chi connectivity index (χ1v) is 13.3. The fraction of sp³-hybridized carbons (Fsp3) is 0.481. The van der Waals surface area contributed by atoms with Crippen LogP contribution in [0.5, 0.6) is 0 Å². The number of imide groups is 1. The third-order valence-electron chi connectivity index (χ3n) is 8.41. The Morgan fingerprint density at radius 3 is 2.26 bits per heavy atom. The molecule has 2 heterocycles. The number of hydrogen-bond donors (Lipinski definition) is 0. The van der Waals surface area contributed by atoms with Crippen molar-refractivity contribution in [1.82, 2.24) is 9.88 Å². The van der Waals surface area contributed by atoms with Gasteiger partial charge in [0.15, 0.2) is 0 Å². The van der Waals surface area contributed by atoms with Gasteiger partial charge in [-0.15, -0.1) is 0 Å². The number of aromatic nitrogens is 1. The Balaban J connectivity index is 1.34. The van der Waals surface area contributed by atoms with E-state index in [2.05, 4.69) is 27.6 Å². The van der Waals surface area contributed by atoms with Crippen molar-refractivity contribution in [1.29, 1.82) is 0 Å². The number of carbonyl (C=O) groups excluding carboxylic acids is 3. The van der Waals surface area contributed by atoms with E-state index >= 15 is 0 Å². The third kappa shape index (κ3) is 3.76. The Kier molecular flexibility index (Phi) is 5.50. The van der Waals surface area contributed by atoms with Gasteiger partial charge in [0.05, 0.1) is 17.5 Å². The molecule has 0 radical (unpaired) electrons. The van der Waals surface area contributed by atoms with Crippen molar-refractivity contribution in [2.75, 3.05) is 4.90 Å². The van der Waals surface area contributed by atoms with Crippen LogP contribution < -0.4 is 4.90 Å². The van der Waals surface area contributed by atoms with Crippen LogP contribution in [0.25, 0.3) is 0 Å². The second-order valence-corrected chi connectivity index (χ2v) is 12.0. The van der Waals surface area contributed by atoms with E-state index in [9.17, 15) is 14.4 Å². The highest BCUT2D eigenvalue weighted by molar-refractivity contribution is 14.1. The van der Waals surface area contributed by atoms with Gasteiger partial charge in [-0.1, -0.05) is 6.07 Å². The van der Waals surface area contributed by atoms with Crippen LogP contribution in [0.1, 0.15) is 50.5 Å². The lowest BCUT2D eigenvalue weighted by molar-refractivity contribution is -0.162. The fourth-order valence-corrected chi connectivity index (χ4v) is 7.77. The van der Waals surface area contributed by atoms with E-state index in [-0.39, 0.29) is 29.6 Å². The number of nitrogens with zero attached hydrogens (tertiary/aromatic N) is 3. The van der Waals surface area contributed by atoms with E-state index in [4.69, 9.17) is 0 Å². The average Bonchev–Trinajstić information content (AvgIpc) is 3.11. The molecule has 1 saturated heterocycles. The Hall–Kier alpha value is -2.29. The van der Waals surface area contributed by atoms with Gasteiger partial charge in [-0.3, -0.25) is 19.4 Å². The molecule has 0 N–H and O–H groups in total. The van der Waals surface area contributed by atoms with E-state index in [1.807, 2.05) is 24.3 Å². The number of anilines is 1. The number of carbonyl (C=O) groups is 3. The van der Waals surface area contributed by atoms with Gasteiger partial charge in [-0.2, -0.15) is 0 Å². The van der Waals surface area contributed by atoms with Crippen molar-refractivity contribution in [3.05, 3.63) is 57.9 Å². The fourth-order valence-electron chi connectivity index (χ4n) is 7.41. The van der Waals surface area contributed by atoms with Gasteiger partial charge in [0.1, 0.15) is 6.04 Å². The molecule has 1 aliphatic heterocycles. The topological polar surface area (TPSA) is 70.6 Å². The monoisotopic (exact) mass is 569 g/mol. The SMILES string of the molecule is O=C1CC(N(Cc2cccnc2)C(=O)C23CC4CC(CC(C4)C2)C3)C(=O)N1c1ccc(I)cc1. The van der Waals surface area contributed by atoms with Gasteiger partial charge in [0, 0.05) is 22.5 Å². The summed E-state index contributed by atoms with van der Waals surface area (Å²) in [4.78, 5) is 48.3. The van der Waals surface area contributed by atoms with E-state index in [0.717, 1.165) is 28.4 Å². The number of benzene rings is 1. The zero-order valence-electron chi connectivity index (χ0n) is 19.0. The van der Waals surface area contributed by atoms with Crippen LogP contribution in [-0.2, 0) is 20.9 Å². The molecule has 1 atom stereocenters. The van der Waals surface area contributed by atoms with E-state index in [1.54, 1.807) is 29.4 Å². The normalized spacial score (nSPS) is 31.9. The van der Waals surface area contributed by atoms with Crippen LogP contribution in [0.2, 0.25) is 0 Å². The number of rotatable bonds is 5. The van der Waals surface area contributed by atoms with Crippen molar-refractivity contribution in [3.63, 3.8) is 0 Å². The summed E-state index contributed by atoms with van der Waals surface area (Å²) in [5.41, 5.74) is 1.08. The minimum atomic E-state index is -0.771. The molecular weight excluding hydrogens is 541 g/mol. The average molecular weight is 569 g/mol. The van der Waals surface area contributed by atoms with Crippen molar-refractivity contribution in [2.45, 2.75) is 57.5 Å². The van der Waals surface area contributed by atoms with Gasteiger partial charge >= 0.3 is 0 Å². The molecule has 2 aromatic rings. The second kappa shape index (κ2) is 8.43. The molecule has 6 nitrogen and oxygen atoms in total. The van der Waals surface area contributed by atoms with Crippen LogP contribution >= 0.6 is 22.6 Å². The standard InChI is InChI=1S/C27H28IN3O3/c28-21-3-5-22(6-4-21)31-24(32)11-23(25(31)33)30(16-17-2-1-7-29-15-17)26(34)27-12-18-8-19(13-27)10-20(9-18)14-27/h1-7,15,18-20,23H,8-14,16H2. The largest absolute Gasteiger partial charge is 0.325 e. The molecule has 4 saturated carbocycles. The summed E-state index contributed by atoms with van der Waals surface area (Å²) < 4.78 is 1.03. The maximum absolute atomic E-state index is 14.4. The number of halogens is 1. The molecular formula is C27H28IN3O3. The van der Waals surface area contributed by atoms with Gasteiger partial charge in [-0.05, 0) is 115 Å². The summed E-state index contributed by atoms with van der Waals surface area (Å²) in [6.45, 7) is 0.304. The summed E-state index contributed by atoms with van der Waals surface area (Å²) in [5, 5.41) is 0. The third-order valence-corrected chi connectivity index (χ3v) is 9.13. The summed E-state index contributed by atoms with van der Waals surface area (Å²) in [7, 11) is 0. The Labute approximate surface area is 213 Å². The van der Waals surface area contributed by atoms with Crippen molar-refractivity contribution in [2.24, 2.45) is 23.2 Å². The molecule has 1 aromatic carbocycles. The zero-order valence-corrected chi connectivity index (χ0v) is 21.2. The molecule has 0 spiro atoms. The predicted molar refractivity (Wildman–Crippen MR) is 135 cm³/mol. The summed E-state index contributed by atoms with van der Waals surface area (Å²) in [6, 6.07) is 10.4. The highest BCUT2D eigenvalue weighted by Gasteiger charge is 2.57. The van der Waals surface area contributed by atoms with Crippen molar-refractivity contribution in [3.8, 4) is 0 Å². The Morgan fingerprint density at radius 2 is 1.68 bits per heavy atom. The first-order valence-electron chi connectivity index (χ1n) is 12.2. The lowest BCUT2D eigenvalue weighted by Gasteiger charge is -2.56. The van der Waals surface area contributed by atoms with Crippen LogP contribution in [0.15, 0.2) is 48.8 Å². The van der Waals surface area contributed by atoms with Crippen LogP contribution in [0, 0.1) is 26.7 Å². The minimum Gasteiger partial charge on any atom is -0.325 e. The molecule has 34 heavy (non-hydrogen) atoms. The predicted octanol–water partition coefficient (Wildman–Crippen LogP) is 4.56. The van der Waals surface area contributed by atoms with Gasteiger partial charge in [0.25, 0.3) is 5.91 Å². The molecule has 3 amide bonds. The molecule has 5 fully saturated rings. The zero-order chi connectivity index (χ0) is 23.4. The highest BCUT2D eigenvalue weighted by Crippen LogP contribution is 2.60. The smallest absolute Gasteiger partial charge is 0.257 e. The van der Waals surface area contributed by atoms with Crippen LogP contribution in [-0.4, -0.2) is 33.6 Å². The Bertz CT molecular complexity index is 1100. The van der Waals surface area contributed by atoms with E-state index < -0.39 is 6.04 Å². The molecule has 1 aromatic heterocycles. The van der Waals surface area contributed by atoms with Crippen molar-refractivity contribution >= 4 is 46.0 Å². The minimum absolute atomic E-state index is 0.0309. The number of pyridine rings is 1. The maximum atomic E-state index is 14.4. The molecule has 5 aliphatic rings. The molecule has 4 aliphatic carbocycles. The van der Waals surface area contributed by atoms with E-state index in [1.165, 1.54) is 24.2 Å². The first-order chi connectivity index (χ1) is 16.4. The summed E-state index contributed by atoms with van der Waals surface area (Å²) >= 11 is 2.20. The van der Waals surface area contributed by atoms with Crippen LogP contribution in [0.4, 0.5) is 5.69 Å². The molecule has 1 unspecified atom stereocenters. The van der Waals surface area contributed by atoms with Gasteiger partial charge < -0.3 is 4.90 Å². The maximum Gasteiger partial charge on any atom is 0.257 e. The lowest BCUT2D eigenvalue weighted by atomic mass is 9.49. The number of amides is 3.